The highest BCUT2D eigenvalue weighted by Crippen LogP contribution is 2.31. The van der Waals surface area contributed by atoms with Crippen LogP contribution in [-0.4, -0.2) is 49.0 Å². The zero-order chi connectivity index (χ0) is 20.7. The van der Waals surface area contributed by atoms with E-state index in [0.29, 0.717) is 18.8 Å². The summed E-state index contributed by atoms with van der Waals surface area (Å²) in [7, 11) is -3.69. The van der Waals surface area contributed by atoms with E-state index in [2.05, 4.69) is 10.1 Å². The molecule has 1 saturated heterocycles. The lowest BCUT2D eigenvalue weighted by molar-refractivity contribution is -0.137. The first kappa shape index (κ1) is 20.8. The van der Waals surface area contributed by atoms with E-state index in [1.54, 1.807) is 13.8 Å². The van der Waals surface area contributed by atoms with Gasteiger partial charge in [0.05, 0.1) is 5.56 Å². The molecule has 28 heavy (non-hydrogen) atoms. The second-order valence-corrected chi connectivity index (χ2v) is 8.76. The highest BCUT2D eigenvalue weighted by molar-refractivity contribution is 7.89. The van der Waals surface area contributed by atoms with Crippen molar-refractivity contribution >= 4 is 10.0 Å². The van der Waals surface area contributed by atoms with E-state index < -0.39 is 21.8 Å². The van der Waals surface area contributed by atoms with Gasteiger partial charge in [0.25, 0.3) is 0 Å². The fourth-order valence-corrected chi connectivity index (χ4v) is 5.18. The molecular weight excluding hydrogens is 395 g/mol. The van der Waals surface area contributed by atoms with Gasteiger partial charge in [0, 0.05) is 32.2 Å². The quantitative estimate of drug-likeness (QED) is 0.763. The second-order valence-electron chi connectivity index (χ2n) is 6.89. The van der Waals surface area contributed by atoms with Gasteiger partial charge in [-0.05, 0) is 38.5 Å². The van der Waals surface area contributed by atoms with Crippen LogP contribution < -0.4 is 0 Å². The van der Waals surface area contributed by atoms with Crippen molar-refractivity contribution in [3.05, 3.63) is 46.8 Å². The summed E-state index contributed by atoms with van der Waals surface area (Å²) in [6, 6.07) is 4.97. The molecule has 0 saturated carbocycles. The average molecular weight is 417 g/mol. The Morgan fingerprint density at radius 3 is 2.11 bits per heavy atom. The molecule has 6 nitrogen and oxygen atoms in total. The Bertz CT molecular complexity index is 912. The number of piperazine rings is 1. The number of alkyl halides is 3. The molecule has 1 aliphatic heterocycles. The first-order valence-electron chi connectivity index (χ1n) is 8.86. The molecule has 154 valence electrons. The molecule has 2 aromatic rings. The Hall–Kier alpha value is -1.91. The van der Waals surface area contributed by atoms with E-state index in [1.807, 2.05) is 6.92 Å². The van der Waals surface area contributed by atoms with Crippen LogP contribution >= 0.6 is 0 Å². The van der Waals surface area contributed by atoms with Gasteiger partial charge in [-0.1, -0.05) is 17.3 Å². The molecule has 0 N–H and O–H groups in total. The summed E-state index contributed by atoms with van der Waals surface area (Å²) in [6.45, 7) is 6.59. The predicted molar refractivity (Wildman–Crippen MR) is 96.2 cm³/mol. The average Bonchev–Trinajstić information content (AvgIpc) is 2.99. The SMILES string of the molecule is Cc1noc(C)c1S(=O)(=O)N1CCN(C(C)c2ccc(C(F)(F)F)cc2)CC1. The molecule has 2 heterocycles. The van der Waals surface area contributed by atoms with Crippen LogP contribution in [-0.2, 0) is 16.2 Å². The maximum atomic E-state index is 12.9. The van der Waals surface area contributed by atoms with Crippen LogP contribution in [0.2, 0.25) is 0 Å². The van der Waals surface area contributed by atoms with Crippen molar-refractivity contribution < 1.29 is 26.1 Å². The molecule has 0 spiro atoms. The zero-order valence-electron chi connectivity index (χ0n) is 15.8. The number of nitrogens with zero attached hydrogens (tertiary/aromatic N) is 3. The van der Waals surface area contributed by atoms with Crippen LogP contribution in [0.3, 0.4) is 0 Å². The molecule has 3 rings (SSSR count). The number of rotatable bonds is 4. The standard InChI is InChI=1S/C18H22F3N3O3S/c1-12-17(14(3)27-22-12)28(25,26)24-10-8-23(9-11-24)13(2)15-4-6-16(7-5-15)18(19,20)21/h4-7,13H,8-11H2,1-3H3. The van der Waals surface area contributed by atoms with Gasteiger partial charge in [0.2, 0.25) is 10.0 Å². The smallest absolute Gasteiger partial charge is 0.360 e. The fraction of sp³-hybridized carbons (Fsp3) is 0.500. The molecule has 0 bridgehead atoms. The van der Waals surface area contributed by atoms with E-state index in [1.165, 1.54) is 16.4 Å². The van der Waals surface area contributed by atoms with Crippen molar-refractivity contribution in [1.29, 1.82) is 0 Å². The lowest BCUT2D eigenvalue weighted by Crippen LogP contribution is -2.49. The highest BCUT2D eigenvalue weighted by Gasteiger charge is 2.34. The van der Waals surface area contributed by atoms with E-state index in [0.717, 1.165) is 17.7 Å². The molecule has 1 fully saturated rings. The Morgan fingerprint density at radius 1 is 1.07 bits per heavy atom. The van der Waals surface area contributed by atoms with Crippen molar-refractivity contribution in [3.8, 4) is 0 Å². The molecule has 1 atom stereocenters. The zero-order valence-corrected chi connectivity index (χ0v) is 16.6. The number of halogens is 3. The minimum absolute atomic E-state index is 0.108. The fourth-order valence-electron chi connectivity index (χ4n) is 3.46. The third kappa shape index (κ3) is 3.94. The summed E-state index contributed by atoms with van der Waals surface area (Å²) in [5.74, 6) is 0.262. The summed E-state index contributed by atoms with van der Waals surface area (Å²) < 4.78 is 70.3. The summed E-state index contributed by atoms with van der Waals surface area (Å²) in [4.78, 5) is 2.17. The van der Waals surface area contributed by atoms with Gasteiger partial charge in [-0.2, -0.15) is 17.5 Å². The summed E-state index contributed by atoms with van der Waals surface area (Å²) in [5, 5.41) is 3.71. The monoisotopic (exact) mass is 417 g/mol. The van der Waals surface area contributed by atoms with Crippen LogP contribution in [0.1, 0.15) is 35.5 Å². The summed E-state index contributed by atoms with van der Waals surface area (Å²) in [5.41, 5.74) is 0.409. The maximum Gasteiger partial charge on any atom is 0.416 e. The van der Waals surface area contributed by atoms with Gasteiger partial charge < -0.3 is 4.52 Å². The first-order valence-corrected chi connectivity index (χ1v) is 10.3. The van der Waals surface area contributed by atoms with Crippen LogP contribution in [0, 0.1) is 13.8 Å². The van der Waals surface area contributed by atoms with Crippen molar-refractivity contribution in [3.63, 3.8) is 0 Å². The maximum absolute atomic E-state index is 12.9. The van der Waals surface area contributed by atoms with Gasteiger partial charge >= 0.3 is 6.18 Å². The van der Waals surface area contributed by atoms with E-state index >= 15 is 0 Å². The highest BCUT2D eigenvalue weighted by atomic mass is 32.2. The number of aromatic nitrogens is 1. The minimum atomic E-state index is -4.36. The molecular formula is C18H22F3N3O3S. The predicted octanol–water partition coefficient (Wildman–Crippen LogP) is 3.38. The van der Waals surface area contributed by atoms with Crippen molar-refractivity contribution in [2.45, 2.75) is 37.9 Å². The Labute approximate surface area is 162 Å². The van der Waals surface area contributed by atoms with Gasteiger partial charge in [-0.25, -0.2) is 8.42 Å². The number of hydrogen-bond acceptors (Lipinski definition) is 5. The molecule has 1 unspecified atom stereocenters. The summed E-state index contributed by atoms with van der Waals surface area (Å²) >= 11 is 0. The third-order valence-corrected chi connectivity index (χ3v) is 7.25. The molecule has 1 aromatic carbocycles. The first-order chi connectivity index (χ1) is 13.0. The normalized spacial score (nSPS) is 18.4. The molecule has 1 aliphatic rings. The van der Waals surface area contributed by atoms with Crippen LogP contribution in [0.4, 0.5) is 13.2 Å². The van der Waals surface area contributed by atoms with Crippen LogP contribution in [0.15, 0.2) is 33.7 Å². The largest absolute Gasteiger partial charge is 0.416 e. The number of aryl methyl sites for hydroxylation is 2. The van der Waals surface area contributed by atoms with Gasteiger partial charge in [0.1, 0.15) is 10.6 Å². The van der Waals surface area contributed by atoms with Crippen molar-refractivity contribution in [1.82, 2.24) is 14.4 Å². The van der Waals surface area contributed by atoms with Gasteiger partial charge in [0.15, 0.2) is 5.76 Å². The van der Waals surface area contributed by atoms with Crippen molar-refractivity contribution in [2.24, 2.45) is 0 Å². The second kappa shape index (κ2) is 7.49. The molecule has 1 aromatic heterocycles. The van der Waals surface area contributed by atoms with Crippen LogP contribution in [0.5, 0.6) is 0 Å². The molecule has 10 heteroatoms. The number of sulfonamides is 1. The van der Waals surface area contributed by atoms with Gasteiger partial charge in [-0.15, -0.1) is 0 Å². The molecule has 0 radical (unpaired) electrons. The Kier molecular flexibility index (Phi) is 5.57. The lowest BCUT2D eigenvalue weighted by atomic mass is 10.0. The van der Waals surface area contributed by atoms with Gasteiger partial charge in [-0.3, -0.25) is 4.90 Å². The molecule has 0 amide bonds. The van der Waals surface area contributed by atoms with E-state index in [4.69, 9.17) is 4.52 Å². The van der Waals surface area contributed by atoms with E-state index in [-0.39, 0.29) is 29.8 Å². The minimum Gasteiger partial charge on any atom is -0.360 e. The Morgan fingerprint density at radius 2 is 1.64 bits per heavy atom. The Balaban J connectivity index is 1.68. The number of benzene rings is 1. The molecule has 0 aliphatic carbocycles. The van der Waals surface area contributed by atoms with Crippen molar-refractivity contribution in [2.75, 3.05) is 26.2 Å². The number of hydrogen-bond donors (Lipinski definition) is 0. The van der Waals surface area contributed by atoms with Crippen LogP contribution in [0.25, 0.3) is 0 Å². The lowest BCUT2D eigenvalue weighted by Gasteiger charge is -2.37. The topological polar surface area (TPSA) is 66.7 Å². The third-order valence-electron chi connectivity index (χ3n) is 5.11. The van der Waals surface area contributed by atoms with E-state index in [9.17, 15) is 21.6 Å². The summed E-state index contributed by atoms with van der Waals surface area (Å²) in [6.07, 6.45) is -4.36.